The van der Waals surface area contributed by atoms with Crippen molar-refractivity contribution in [3.05, 3.63) is 29.8 Å². The van der Waals surface area contributed by atoms with Gasteiger partial charge in [-0.1, -0.05) is 12.1 Å². The molecule has 0 amide bonds. The van der Waals surface area contributed by atoms with Crippen molar-refractivity contribution in [3.63, 3.8) is 0 Å². The van der Waals surface area contributed by atoms with Gasteiger partial charge in [-0.3, -0.25) is 9.80 Å². The van der Waals surface area contributed by atoms with E-state index in [9.17, 15) is 0 Å². The van der Waals surface area contributed by atoms with E-state index in [1.54, 1.807) is 0 Å². The monoisotopic (exact) mass is 404 g/mol. The molecular weight excluding hydrogens is 368 g/mol. The maximum Gasteiger partial charge on any atom is 0.119 e. The summed E-state index contributed by atoms with van der Waals surface area (Å²) >= 11 is 0. The Balaban J connectivity index is 1.30. The second-order valence-corrected chi connectivity index (χ2v) is 8.46. The summed E-state index contributed by atoms with van der Waals surface area (Å²) < 4.78 is 22.6. The van der Waals surface area contributed by atoms with Gasteiger partial charge in [0.2, 0.25) is 0 Å². The van der Waals surface area contributed by atoms with Gasteiger partial charge in [0.05, 0.1) is 33.0 Å². The van der Waals surface area contributed by atoms with Gasteiger partial charge in [-0.25, -0.2) is 0 Å². The summed E-state index contributed by atoms with van der Waals surface area (Å²) in [5, 5.41) is 0. The highest BCUT2D eigenvalue weighted by atomic mass is 16.5. The smallest absolute Gasteiger partial charge is 0.119 e. The van der Waals surface area contributed by atoms with Gasteiger partial charge in [0.1, 0.15) is 5.75 Å². The second-order valence-electron chi connectivity index (χ2n) is 8.46. The topological polar surface area (TPSA) is 43.4 Å². The average molecular weight is 405 g/mol. The molecule has 3 aliphatic heterocycles. The SMILES string of the molecule is c1cc(C2(CN3CCOCC3)CCOCC2)ccc1OCCCN1CCOCC1. The van der Waals surface area contributed by atoms with Crippen molar-refractivity contribution in [2.45, 2.75) is 24.7 Å². The van der Waals surface area contributed by atoms with E-state index in [0.29, 0.717) is 0 Å². The molecule has 162 valence electrons. The zero-order chi connectivity index (χ0) is 19.8. The molecule has 0 unspecified atom stereocenters. The fraction of sp³-hybridized carbons (Fsp3) is 0.739. The summed E-state index contributed by atoms with van der Waals surface area (Å²) in [6, 6.07) is 8.87. The van der Waals surface area contributed by atoms with Gasteiger partial charge < -0.3 is 18.9 Å². The number of ether oxygens (including phenoxy) is 4. The van der Waals surface area contributed by atoms with Gasteiger partial charge in [-0.05, 0) is 37.0 Å². The second kappa shape index (κ2) is 10.7. The number of morpholine rings is 2. The highest BCUT2D eigenvalue weighted by molar-refractivity contribution is 5.33. The molecule has 0 aliphatic carbocycles. The van der Waals surface area contributed by atoms with Crippen molar-refractivity contribution in [1.82, 2.24) is 9.80 Å². The number of rotatable bonds is 8. The lowest BCUT2D eigenvalue weighted by molar-refractivity contribution is -0.00120. The summed E-state index contributed by atoms with van der Waals surface area (Å²) in [4.78, 5) is 5.02. The number of benzene rings is 1. The number of hydrogen-bond donors (Lipinski definition) is 0. The predicted octanol–water partition coefficient (Wildman–Crippen LogP) is 2.17. The van der Waals surface area contributed by atoms with Crippen LogP contribution >= 0.6 is 0 Å². The van der Waals surface area contributed by atoms with Crippen molar-refractivity contribution in [2.24, 2.45) is 0 Å². The Morgan fingerprint density at radius 3 is 2.00 bits per heavy atom. The fourth-order valence-electron chi connectivity index (χ4n) is 4.70. The van der Waals surface area contributed by atoms with Crippen LogP contribution in [0.5, 0.6) is 5.75 Å². The molecular formula is C23H36N2O4. The molecule has 3 saturated heterocycles. The Labute approximate surface area is 175 Å². The van der Waals surface area contributed by atoms with E-state index in [-0.39, 0.29) is 5.41 Å². The minimum absolute atomic E-state index is 0.185. The Bertz CT molecular complexity index is 591. The molecule has 3 fully saturated rings. The first-order chi connectivity index (χ1) is 14.3. The van der Waals surface area contributed by atoms with Gasteiger partial charge in [-0.15, -0.1) is 0 Å². The van der Waals surface area contributed by atoms with Crippen LogP contribution in [0.2, 0.25) is 0 Å². The molecule has 3 heterocycles. The molecule has 1 aromatic carbocycles. The van der Waals surface area contributed by atoms with Gasteiger partial charge >= 0.3 is 0 Å². The Kier molecular flexibility index (Phi) is 7.80. The molecule has 0 N–H and O–H groups in total. The first-order valence-electron chi connectivity index (χ1n) is 11.3. The lowest BCUT2D eigenvalue weighted by atomic mass is 9.73. The first-order valence-corrected chi connectivity index (χ1v) is 11.3. The van der Waals surface area contributed by atoms with Gasteiger partial charge in [0.25, 0.3) is 0 Å². The predicted molar refractivity (Wildman–Crippen MR) is 113 cm³/mol. The molecule has 0 bridgehead atoms. The maximum atomic E-state index is 6.01. The minimum Gasteiger partial charge on any atom is -0.494 e. The first kappa shape index (κ1) is 21.1. The lowest BCUT2D eigenvalue weighted by Crippen LogP contribution is -2.48. The largest absolute Gasteiger partial charge is 0.494 e. The normalized spacial score (nSPS) is 23.7. The minimum atomic E-state index is 0.185. The summed E-state index contributed by atoms with van der Waals surface area (Å²) in [7, 11) is 0. The van der Waals surface area contributed by atoms with Gasteiger partial charge in [-0.2, -0.15) is 0 Å². The van der Waals surface area contributed by atoms with Crippen LogP contribution in [0.4, 0.5) is 0 Å². The van der Waals surface area contributed by atoms with E-state index in [1.165, 1.54) is 5.56 Å². The molecule has 6 heteroatoms. The summed E-state index contributed by atoms with van der Waals surface area (Å²) in [5.74, 6) is 0.976. The van der Waals surface area contributed by atoms with Crippen molar-refractivity contribution in [2.75, 3.05) is 85.5 Å². The Morgan fingerprint density at radius 1 is 0.759 bits per heavy atom. The number of nitrogens with zero attached hydrogens (tertiary/aromatic N) is 2. The zero-order valence-electron chi connectivity index (χ0n) is 17.7. The quantitative estimate of drug-likeness (QED) is 0.619. The Morgan fingerprint density at radius 2 is 1.34 bits per heavy atom. The van der Waals surface area contributed by atoms with E-state index in [0.717, 1.165) is 111 Å². The highest BCUT2D eigenvalue weighted by Gasteiger charge is 2.36. The molecule has 1 aromatic rings. The molecule has 29 heavy (non-hydrogen) atoms. The molecule has 6 nitrogen and oxygen atoms in total. The molecule has 0 atom stereocenters. The third-order valence-corrected chi connectivity index (χ3v) is 6.54. The summed E-state index contributed by atoms with van der Waals surface area (Å²) in [6.45, 7) is 12.2. The van der Waals surface area contributed by atoms with Crippen LogP contribution in [0.25, 0.3) is 0 Å². The van der Waals surface area contributed by atoms with Crippen LogP contribution in [0.3, 0.4) is 0 Å². The van der Waals surface area contributed by atoms with Crippen molar-refractivity contribution in [3.8, 4) is 5.75 Å². The standard InChI is InChI=1S/C23H36N2O4/c1(8-24-9-16-27-17-10-24)13-29-22-4-2-21(3-5-22)23(6-14-26-15-7-23)20-25-11-18-28-19-12-25/h2-5H,1,6-20H2. The fourth-order valence-corrected chi connectivity index (χ4v) is 4.70. The van der Waals surface area contributed by atoms with E-state index >= 15 is 0 Å². The van der Waals surface area contributed by atoms with Crippen molar-refractivity contribution in [1.29, 1.82) is 0 Å². The third kappa shape index (κ3) is 5.92. The van der Waals surface area contributed by atoms with Crippen LogP contribution in [0, 0.1) is 0 Å². The van der Waals surface area contributed by atoms with Crippen LogP contribution in [-0.4, -0.2) is 95.3 Å². The van der Waals surface area contributed by atoms with Crippen LogP contribution in [0.1, 0.15) is 24.8 Å². The summed E-state index contributed by atoms with van der Waals surface area (Å²) in [5.41, 5.74) is 1.61. The third-order valence-electron chi connectivity index (χ3n) is 6.54. The van der Waals surface area contributed by atoms with Crippen LogP contribution in [0.15, 0.2) is 24.3 Å². The van der Waals surface area contributed by atoms with Gasteiger partial charge in [0, 0.05) is 57.9 Å². The zero-order valence-corrected chi connectivity index (χ0v) is 17.7. The molecule has 0 radical (unpaired) electrons. The molecule has 0 saturated carbocycles. The van der Waals surface area contributed by atoms with Crippen LogP contribution in [-0.2, 0) is 19.6 Å². The van der Waals surface area contributed by atoms with Crippen molar-refractivity contribution < 1.29 is 18.9 Å². The highest BCUT2D eigenvalue weighted by Crippen LogP contribution is 2.36. The molecule has 4 rings (SSSR count). The molecule has 0 aromatic heterocycles. The average Bonchev–Trinajstić information content (AvgIpc) is 2.79. The van der Waals surface area contributed by atoms with E-state index in [4.69, 9.17) is 18.9 Å². The van der Waals surface area contributed by atoms with Crippen molar-refractivity contribution >= 4 is 0 Å². The van der Waals surface area contributed by atoms with E-state index < -0.39 is 0 Å². The lowest BCUT2D eigenvalue weighted by Gasteiger charge is -2.42. The van der Waals surface area contributed by atoms with Gasteiger partial charge in [0.15, 0.2) is 0 Å². The summed E-state index contributed by atoms with van der Waals surface area (Å²) in [6.07, 6.45) is 3.23. The van der Waals surface area contributed by atoms with E-state index in [1.807, 2.05) is 0 Å². The van der Waals surface area contributed by atoms with E-state index in [2.05, 4.69) is 34.1 Å². The maximum absolute atomic E-state index is 6.01. The number of hydrogen-bond acceptors (Lipinski definition) is 6. The Hall–Kier alpha value is -1.18. The van der Waals surface area contributed by atoms with Crippen LogP contribution < -0.4 is 4.74 Å². The molecule has 0 spiro atoms. The molecule has 3 aliphatic rings.